The van der Waals surface area contributed by atoms with Gasteiger partial charge in [0.25, 0.3) is 0 Å². The normalized spacial score (nSPS) is 11.8. The van der Waals surface area contributed by atoms with Gasteiger partial charge in [0.05, 0.1) is 23.4 Å². The smallest absolute Gasteiger partial charge is 0.238 e. The molecule has 0 radical (unpaired) electrons. The van der Waals surface area contributed by atoms with Crippen molar-refractivity contribution in [2.75, 3.05) is 12.4 Å². The van der Waals surface area contributed by atoms with E-state index in [1.165, 1.54) is 12.1 Å². The molecule has 8 nitrogen and oxygen atoms in total. The lowest BCUT2D eigenvalue weighted by molar-refractivity contribution is 0.181. The van der Waals surface area contributed by atoms with Crippen LogP contribution in [0.4, 0.5) is 5.82 Å². The summed E-state index contributed by atoms with van der Waals surface area (Å²) in [5, 5.41) is 12.6. The van der Waals surface area contributed by atoms with Gasteiger partial charge in [0, 0.05) is 25.8 Å². The van der Waals surface area contributed by atoms with E-state index in [1.54, 1.807) is 30.0 Å². The van der Waals surface area contributed by atoms with Gasteiger partial charge in [-0.1, -0.05) is 12.1 Å². The summed E-state index contributed by atoms with van der Waals surface area (Å²) in [5.41, 5.74) is 2.42. The first-order chi connectivity index (χ1) is 11.5. The lowest BCUT2D eigenvalue weighted by atomic mass is 10.2. The molecular formula is C15H17N5O3S. The number of hydrogen-bond acceptors (Lipinski definition) is 6. The summed E-state index contributed by atoms with van der Waals surface area (Å²) in [5.74, 6) is 0.771. The van der Waals surface area contributed by atoms with Crippen molar-refractivity contribution in [2.24, 2.45) is 5.14 Å². The van der Waals surface area contributed by atoms with E-state index in [-0.39, 0.29) is 4.90 Å². The number of nitrogens with zero attached hydrogens (tertiary/aromatic N) is 3. The van der Waals surface area contributed by atoms with Crippen molar-refractivity contribution >= 4 is 21.5 Å². The maximum atomic E-state index is 11.3. The molecule has 2 aromatic heterocycles. The van der Waals surface area contributed by atoms with Crippen LogP contribution in [0.3, 0.4) is 0 Å². The van der Waals surface area contributed by atoms with E-state index >= 15 is 0 Å². The van der Waals surface area contributed by atoms with E-state index < -0.39 is 10.0 Å². The van der Waals surface area contributed by atoms with Crippen LogP contribution in [0.2, 0.25) is 0 Å². The minimum atomic E-state index is -3.68. The van der Waals surface area contributed by atoms with Gasteiger partial charge in [0.2, 0.25) is 10.0 Å². The number of benzene rings is 1. The fourth-order valence-electron chi connectivity index (χ4n) is 2.30. The molecule has 1 aromatic carbocycles. The Kier molecular flexibility index (Phi) is 4.47. The Labute approximate surface area is 139 Å². The Morgan fingerprint density at radius 1 is 1.25 bits per heavy atom. The van der Waals surface area contributed by atoms with E-state index in [0.29, 0.717) is 13.2 Å². The number of methoxy groups -OCH3 is 1. The van der Waals surface area contributed by atoms with Crippen LogP contribution in [0, 0.1) is 0 Å². The largest absolute Gasteiger partial charge is 0.378 e. The molecule has 126 valence electrons. The second kappa shape index (κ2) is 6.56. The minimum Gasteiger partial charge on any atom is -0.378 e. The van der Waals surface area contributed by atoms with Crippen molar-refractivity contribution < 1.29 is 13.2 Å². The molecule has 0 unspecified atom stereocenters. The maximum Gasteiger partial charge on any atom is 0.238 e. The molecule has 3 rings (SSSR count). The van der Waals surface area contributed by atoms with Crippen LogP contribution in [0.15, 0.2) is 47.5 Å². The summed E-state index contributed by atoms with van der Waals surface area (Å²) in [4.78, 5) is 4.52. The van der Waals surface area contributed by atoms with E-state index in [2.05, 4.69) is 15.4 Å². The molecule has 0 atom stereocenters. The van der Waals surface area contributed by atoms with Crippen LogP contribution in [-0.2, 0) is 27.9 Å². The van der Waals surface area contributed by atoms with Gasteiger partial charge in [-0.15, -0.1) is 0 Å². The molecule has 0 saturated carbocycles. The van der Waals surface area contributed by atoms with Crippen molar-refractivity contribution in [1.82, 2.24) is 14.6 Å². The molecular weight excluding hydrogens is 330 g/mol. The Morgan fingerprint density at radius 3 is 2.67 bits per heavy atom. The molecule has 0 bridgehead atoms. The molecule has 0 aliphatic heterocycles. The van der Waals surface area contributed by atoms with E-state index in [4.69, 9.17) is 9.88 Å². The maximum absolute atomic E-state index is 11.3. The Hall–Kier alpha value is -2.49. The number of hydrogen-bond donors (Lipinski definition) is 2. The minimum absolute atomic E-state index is 0.0898. The first-order valence-electron chi connectivity index (χ1n) is 7.15. The predicted octanol–water partition coefficient (Wildman–Crippen LogP) is 1.14. The van der Waals surface area contributed by atoms with Gasteiger partial charge >= 0.3 is 0 Å². The van der Waals surface area contributed by atoms with Gasteiger partial charge in [-0.25, -0.2) is 18.5 Å². The van der Waals surface area contributed by atoms with Crippen LogP contribution in [0.5, 0.6) is 0 Å². The first-order valence-corrected chi connectivity index (χ1v) is 8.70. The SMILES string of the molecule is COCc1cc(NCc2ccc(S(N)(=O)=O)cc2)n2nccc2n1. The molecule has 0 saturated heterocycles. The van der Waals surface area contributed by atoms with Crippen molar-refractivity contribution in [3.05, 3.63) is 53.9 Å². The summed E-state index contributed by atoms with van der Waals surface area (Å²) in [6.45, 7) is 0.899. The molecule has 9 heteroatoms. The van der Waals surface area contributed by atoms with Gasteiger partial charge in [0.15, 0.2) is 5.65 Å². The summed E-state index contributed by atoms with van der Waals surface area (Å²) in [6, 6.07) is 10.1. The number of anilines is 1. The van der Waals surface area contributed by atoms with E-state index in [1.807, 2.05) is 12.1 Å². The first kappa shape index (κ1) is 16.4. The highest BCUT2D eigenvalue weighted by Gasteiger charge is 2.08. The lowest BCUT2D eigenvalue weighted by Crippen LogP contribution is -2.12. The molecule has 0 fully saturated rings. The number of primary sulfonamides is 1. The van der Waals surface area contributed by atoms with Gasteiger partial charge in [-0.3, -0.25) is 0 Å². The van der Waals surface area contributed by atoms with Crippen LogP contribution in [-0.4, -0.2) is 30.1 Å². The number of nitrogens with one attached hydrogen (secondary N) is 1. The zero-order valence-electron chi connectivity index (χ0n) is 13.0. The summed E-state index contributed by atoms with van der Waals surface area (Å²) < 4.78 is 29.4. The molecule has 0 aliphatic carbocycles. The molecule has 24 heavy (non-hydrogen) atoms. The van der Waals surface area contributed by atoms with Crippen LogP contribution in [0.25, 0.3) is 5.65 Å². The topological polar surface area (TPSA) is 112 Å². The van der Waals surface area contributed by atoms with Gasteiger partial charge in [-0.05, 0) is 17.7 Å². The fourth-order valence-corrected chi connectivity index (χ4v) is 2.82. The van der Waals surface area contributed by atoms with Gasteiger partial charge in [-0.2, -0.15) is 9.61 Å². The molecule has 3 N–H and O–H groups in total. The van der Waals surface area contributed by atoms with Crippen LogP contribution >= 0.6 is 0 Å². The monoisotopic (exact) mass is 347 g/mol. The zero-order valence-corrected chi connectivity index (χ0v) is 13.8. The second-order valence-corrected chi connectivity index (χ2v) is 6.77. The molecule has 0 spiro atoms. The lowest BCUT2D eigenvalue weighted by Gasteiger charge is -2.10. The fraction of sp³-hybridized carbons (Fsp3) is 0.200. The number of ether oxygens (including phenoxy) is 1. The molecule has 2 heterocycles. The highest BCUT2D eigenvalue weighted by Crippen LogP contribution is 2.15. The van der Waals surface area contributed by atoms with Crippen molar-refractivity contribution in [2.45, 2.75) is 18.0 Å². The van der Waals surface area contributed by atoms with Crippen molar-refractivity contribution in [1.29, 1.82) is 0 Å². The second-order valence-electron chi connectivity index (χ2n) is 5.21. The van der Waals surface area contributed by atoms with Crippen LogP contribution < -0.4 is 10.5 Å². The van der Waals surface area contributed by atoms with Crippen LogP contribution in [0.1, 0.15) is 11.3 Å². The third-order valence-electron chi connectivity index (χ3n) is 3.43. The molecule has 0 aliphatic rings. The predicted molar refractivity (Wildman–Crippen MR) is 88.8 cm³/mol. The third-order valence-corrected chi connectivity index (χ3v) is 4.36. The van der Waals surface area contributed by atoms with E-state index in [9.17, 15) is 8.42 Å². The third kappa shape index (κ3) is 3.53. The summed E-state index contributed by atoms with van der Waals surface area (Å²) >= 11 is 0. The van der Waals surface area contributed by atoms with E-state index in [0.717, 1.165) is 22.7 Å². The van der Waals surface area contributed by atoms with Crippen molar-refractivity contribution in [3.8, 4) is 0 Å². The Balaban J connectivity index is 1.81. The standard InChI is InChI=1S/C15H17N5O3S/c1-23-10-12-8-15(20-14(19-12)6-7-18-20)17-9-11-2-4-13(5-3-11)24(16,21)22/h2-8,17H,9-10H2,1H3,(H2,16,21,22). The number of aromatic nitrogens is 3. The highest BCUT2D eigenvalue weighted by atomic mass is 32.2. The van der Waals surface area contributed by atoms with Gasteiger partial charge < -0.3 is 10.1 Å². The molecule has 0 amide bonds. The average Bonchev–Trinajstić information content (AvgIpc) is 3.01. The zero-order chi connectivity index (χ0) is 17.2. The molecule has 3 aromatic rings. The summed E-state index contributed by atoms with van der Waals surface area (Å²) in [6.07, 6.45) is 1.67. The highest BCUT2D eigenvalue weighted by molar-refractivity contribution is 7.89. The average molecular weight is 347 g/mol. The Morgan fingerprint density at radius 2 is 2.00 bits per heavy atom. The number of nitrogens with two attached hydrogens (primary N) is 1. The summed E-state index contributed by atoms with van der Waals surface area (Å²) in [7, 11) is -2.06. The Bertz CT molecular complexity index is 951. The van der Waals surface area contributed by atoms with Crippen molar-refractivity contribution in [3.63, 3.8) is 0 Å². The number of rotatable bonds is 6. The quantitative estimate of drug-likeness (QED) is 0.691. The van der Waals surface area contributed by atoms with Gasteiger partial charge in [0.1, 0.15) is 5.82 Å². The number of sulfonamides is 1. The number of fused-ring (bicyclic) bond motifs is 1.